The van der Waals surface area contributed by atoms with Crippen molar-refractivity contribution >= 4 is 11.6 Å². The Bertz CT molecular complexity index is 524. The average molecular weight is 254 g/mol. The quantitative estimate of drug-likeness (QED) is 0.907. The Morgan fingerprint density at radius 2 is 2.18 bits per heavy atom. The van der Waals surface area contributed by atoms with Gasteiger partial charge in [-0.3, -0.25) is 0 Å². The summed E-state index contributed by atoms with van der Waals surface area (Å²) in [6, 6.07) is 5.99. The standard InChI is InChI=1S/C13H13ClFNO/c1-8-11(4-5-17-8)13(16)6-9-2-3-10(15)7-12(9)14/h2-5,7,13H,6,16H2,1H3. The van der Waals surface area contributed by atoms with Crippen LogP contribution in [-0.2, 0) is 6.42 Å². The van der Waals surface area contributed by atoms with Gasteiger partial charge in [0.15, 0.2) is 0 Å². The van der Waals surface area contributed by atoms with E-state index in [4.69, 9.17) is 21.8 Å². The van der Waals surface area contributed by atoms with Gasteiger partial charge in [0, 0.05) is 16.6 Å². The molecule has 2 N–H and O–H groups in total. The zero-order chi connectivity index (χ0) is 12.4. The van der Waals surface area contributed by atoms with E-state index in [0.717, 1.165) is 16.9 Å². The summed E-state index contributed by atoms with van der Waals surface area (Å²) in [5, 5.41) is 0.404. The number of halogens is 2. The second-order valence-electron chi connectivity index (χ2n) is 3.98. The van der Waals surface area contributed by atoms with Crippen LogP contribution in [0, 0.1) is 12.7 Å². The van der Waals surface area contributed by atoms with Gasteiger partial charge in [0.05, 0.1) is 6.26 Å². The van der Waals surface area contributed by atoms with E-state index in [1.807, 2.05) is 13.0 Å². The molecule has 0 saturated heterocycles. The molecule has 0 spiro atoms. The van der Waals surface area contributed by atoms with Crippen molar-refractivity contribution in [1.82, 2.24) is 0 Å². The molecule has 0 saturated carbocycles. The summed E-state index contributed by atoms with van der Waals surface area (Å²) in [6.07, 6.45) is 2.16. The first-order valence-electron chi connectivity index (χ1n) is 5.31. The van der Waals surface area contributed by atoms with Gasteiger partial charge in [-0.05, 0) is 37.1 Å². The maximum atomic E-state index is 12.9. The van der Waals surface area contributed by atoms with Gasteiger partial charge in [-0.1, -0.05) is 17.7 Å². The monoisotopic (exact) mass is 253 g/mol. The van der Waals surface area contributed by atoms with Gasteiger partial charge in [0.25, 0.3) is 0 Å². The van der Waals surface area contributed by atoms with E-state index in [1.54, 1.807) is 12.3 Å². The van der Waals surface area contributed by atoms with Crippen LogP contribution < -0.4 is 5.73 Å². The van der Waals surface area contributed by atoms with E-state index in [1.165, 1.54) is 12.1 Å². The van der Waals surface area contributed by atoms with E-state index >= 15 is 0 Å². The predicted octanol–water partition coefficient (Wildman–Crippen LogP) is 3.62. The minimum atomic E-state index is -0.341. The number of furan rings is 1. The Balaban J connectivity index is 2.19. The van der Waals surface area contributed by atoms with Crippen molar-refractivity contribution in [2.75, 3.05) is 0 Å². The molecule has 1 unspecified atom stereocenters. The van der Waals surface area contributed by atoms with Gasteiger partial charge >= 0.3 is 0 Å². The fourth-order valence-corrected chi connectivity index (χ4v) is 2.06. The van der Waals surface area contributed by atoms with Crippen molar-refractivity contribution in [3.8, 4) is 0 Å². The van der Waals surface area contributed by atoms with Crippen LogP contribution in [0.2, 0.25) is 5.02 Å². The minimum Gasteiger partial charge on any atom is -0.469 e. The number of nitrogens with two attached hydrogens (primary N) is 1. The Kier molecular flexibility index (Phi) is 3.50. The second kappa shape index (κ2) is 4.90. The van der Waals surface area contributed by atoms with E-state index in [-0.39, 0.29) is 11.9 Å². The molecule has 0 bridgehead atoms. The molecule has 2 nitrogen and oxygen atoms in total. The van der Waals surface area contributed by atoms with Crippen LogP contribution in [0.5, 0.6) is 0 Å². The lowest BCUT2D eigenvalue weighted by Gasteiger charge is -2.12. The number of rotatable bonds is 3. The smallest absolute Gasteiger partial charge is 0.124 e. The van der Waals surface area contributed by atoms with E-state index in [0.29, 0.717) is 11.4 Å². The van der Waals surface area contributed by atoms with Crippen LogP contribution >= 0.6 is 11.6 Å². The van der Waals surface area contributed by atoms with Gasteiger partial charge in [-0.2, -0.15) is 0 Å². The molecule has 0 amide bonds. The normalized spacial score (nSPS) is 12.7. The van der Waals surface area contributed by atoms with Crippen LogP contribution in [0.15, 0.2) is 34.9 Å². The Morgan fingerprint density at radius 3 is 2.76 bits per heavy atom. The van der Waals surface area contributed by atoms with Crippen LogP contribution in [0.4, 0.5) is 4.39 Å². The van der Waals surface area contributed by atoms with Crippen LogP contribution in [0.1, 0.15) is 22.9 Å². The van der Waals surface area contributed by atoms with Gasteiger partial charge in [-0.15, -0.1) is 0 Å². The first kappa shape index (κ1) is 12.1. The molecule has 0 radical (unpaired) electrons. The zero-order valence-corrected chi connectivity index (χ0v) is 10.2. The Hall–Kier alpha value is -1.32. The molecule has 0 aliphatic carbocycles. The van der Waals surface area contributed by atoms with Gasteiger partial charge in [-0.25, -0.2) is 4.39 Å². The van der Waals surface area contributed by atoms with Crippen molar-refractivity contribution in [2.24, 2.45) is 5.73 Å². The summed E-state index contributed by atoms with van der Waals surface area (Å²) in [6.45, 7) is 1.86. The molecule has 1 heterocycles. The van der Waals surface area contributed by atoms with Crippen molar-refractivity contribution in [1.29, 1.82) is 0 Å². The fraction of sp³-hybridized carbons (Fsp3) is 0.231. The average Bonchev–Trinajstić information content (AvgIpc) is 2.68. The van der Waals surface area contributed by atoms with E-state index < -0.39 is 0 Å². The topological polar surface area (TPSA) is 39.2 Å². The summed E-state index contributed by atoms with van der Waals surface area (Å²) in [4.78, 5) is 0. The van der Waals surface area contributed by atoms with Crippen molar-refractivity contribution in [3.05, 3.63) is 58.3 Å². The number of hydrogen-bond acceptors (Lipinski definition) is 2. The Morgan fingerprint density at radius 1 is 1.41 bits per heavy atom. The maximum Gasteiger partial charge on any atom is 0.124 e. The summed E-state index contributed by atoms with van der Waals surface area (Å²) in [7, 11) is 0. The summed E-state index contributed by atoms with van der Waals surface area (Å²) in [5.74, 6) is 0.461. The molecule has 17 heavy (non-hydrogen) atoms. The van der Waals surface area contributed by atoms with Crippen LogP contribution in [0.25, 0.3) is 0 Å². The van der Waals surface area contributed by atoms with Crippen LogP contribution in [-0.4, -0.2) is 0 Å². The van der Waals surface area contributed by atoms with E-state index in [2.05, 4.69) is 0 Å². The summed E-state index contributed by atoms with van der Waals surface area (Å²) >= 11 is 5.96. The molecule has 1 atom stereocenters. The molecule has 4 heteroatoms. The second-order valence-corrected chi connectivity index (χ2v) is 4.39. The molecule has 1 aromatic heterocycles. The minimum absolute atomic E-state index is 0.197. The molecule has 2 rings (SSSR count). The molecule has 90 valence electrons. The zero-order valence-electron chi connectivity index (χ0n) is 9.41. The van der Waals surface area contributed by atoms with E-state index in [9.17, 15) is 4.39 Å². The number of aryl methyl sites for hydroxylation is 1. The predicted molar refractivity (Wildman–Crippen MR) is 65.5 cm³/mol. The van der Waals surface area contributed by atoms with Crippen molar-refractivity contribution < 1.29 is 8.81 Å². The molecule has 1 aromatic carbocycles. The van der Waals surface area contributed by atoms with Gasteiger partial charge in [0.1, 0.15) is 11.6 Å². The number of benzene rings is 1. The van der Waals surface area contributed by atoms with Gasteiger partial charge < -0.3 is 10.2 Å². The van der Waals surface area contributed by atoms with Crippen LogP contribution in [0.3, 0.4) is 0 Å². The molecule has 0 aliphatic rings. The third-order valence-electron chi connectivity index (χ3n) is 2.75. The molecule has 2 aromatic rings. The highest BCUT2D eigenvalue weighted by Gasteiger charge is 2.13. The lowest BCUT2D eigenvalue weighted by molar-refractivity contribution is 0.524. The summed E-state index contributed by atoms with van der Waals surface area (Å²) in [5.41, 5.74) is 7.85. The highest BCUT2D eigenvalue weighted by atomic mass is 35.5. The van der Waals surface area contributed by atoms with Crippen molar-refractivity contribution in [3.63, 3.8) is 0 Å². The SMILES string of the molecule is Cc1occc1C(N)Cc1ccc(F)cc1Cl. The van der Waals surface area contributed by atoms with Gasteiger partial charge in [0.2, 0.25) is 0 Å². The lowest BCUT2D eigenvalue weighted by Crippen LogP contribution is -2.13. The van der Waals surface area contributed by atoms with Crippen molar-refractivity contribution in [2.45, 2.75) is 19.4 Å². The largest absolute Gasteiger partial charge is 0.469 e. The fourth-order valence-electron chi connectivity index (χ4n) is 1.81. The molecule has 0 aliphatic heterocycles. The highest BCUT2D eigenvalue weighted by molar-refractivity contribution is 6.31. The molecule has 0 fully saturated rings. The first-order valence-corrected chi connectivity index (χ1v) is 5.69. The lowest BCUT2D eigenvalue weighted by atomic mass is 10.0. The number of hydrogen-bond donors (Lipinski definition) is 1. The molecular formula is C13H13ClFNO. The highest BCUT2D eigenvalue weighted by Crippen LogP contribution is 2.25. The summed E-state index contributed by atoms with van der Waals surface area (Å²) < 4.78 is 18.1. The third kappa shape index (κ3) is 2.68. The maximum absolute atomic E-state index is 12.9. The molecular weight excluding hydrogens is 241 g/mol. The third-order valence-corrected chi connectivity index (χ3v) is 3.11. The Labute approximate surface area is 104 Å². The first-order chi connectivity index (χ1) is 8.08.